The van der Waals surface area contributed by atoms with Crippen LogP contribution in [0, 0.1) is 0 Å². The molecule has 1 aromatic rings. The van der Waals surface area contributed by atoms with Gasteiger partial charge >= 0.3 is 5.97 Å². The van der Waals surface area contributed by atoms with Gasteiger partial charge in [-0.15, -0.1) is 0 Å². The summed E-state index contributed by atoms with van der Waals surface area (Å²) in [4.78, 5) is 11.4. The maximum absolute atomic E-state index is 11.4. The van der Waals surface area contributed by atoms with Crippen molar-refractivity contribution in [2.24, 2.45) is 0 Å². The number of nitrogens with one attached hydrogen (secondary N) is 1. The lowest BCUT2D eigenvalue weighted by atomic mass is 10.1. The maximum atomic E-state index is 11.4. The van der Waals surface area contributed by atoms with Crippen LogP contribution in [0.2, 0.25) is 0 Å². The molecular weight excluding hydrogens is 206 g/mol. The van der Waals surface area contributed by atoms with Crippen molar-refractivity contribution in [1.29, 1.82) is 0 Å². The molecule has 2 rings (SSSR count). The largest absolute Gasteiger partial charge is 0.484 e. The Morgan fingerprint density at radius 3 is 2.94 bits per heavy atom. The molecule has 1 aliphatic rings. The first kappa shape index (κ1) is 10.8. The van der Waals surface area contributed by atoms with Gasteiger partial charge in [0.1, 0.15) is 11.4 Å². The topological polar surface area (TPSA) is 47.6 Å². The SMILES string of the molecule is COC(=O)c1ccc2c(c1)OC(C)(C)CN2. The van der Waals surface area contributed by atoms with Gasteiger partial charge in [0.15, 0.2) is 0 Å². The molecule has 16 heavy (non-hydrogen) atoms. The molecule has 1 heterocycles. The molecule has 0 fully saturated rings. The minimum atomic E-state index is -0.352. The van der Waals surface area contributed by atoms with Gasteiger partial charge in [-0.05, 0) is 32.0 Å². The number of methoxy groups -OCH3 is 1. The summed E-state index contributed by atoms with van der Waals surface area (Å²) >= 11 is 0. The molecule has 0 aromatic heterocycles. The molecule has 0 saturated heterocycles. The molecule has 1 aromatic carbocycles. The number of carbonyl (C=O) groups excluding carboxylic acids is 1. The van der Waals surface area contributed by atoms with E-state index in [1.807, 2.05) is 19.9 Å². The molecule has 0 atom stereocenters. The van der Waals surface area contributed by atoms with Gasteiger partial charge in [-0.3, -0.25) is 0 Å². The number of hydrogen-bond donors (Lipinski definition) is 1. The fraction of sp³-hybridized carbons (Fsp3) is 0.417. The fourth-order valence-corrected chi connectivity index (χ4v) is 1.64. The van der Waals surface area contributed by atoms with E-state index in [0.717, 1.165) is 12.2 Å². The van der Waals surface area contributed by atoms with Crippen molar-refractivity contribution in [3.8, 4) is 5.75 Å². The molecule has 1 aliphatic heterocycles. The van der Waals surface area contributed by atoms with Gasteiger partial charge in [-0.2, -0.15) is 0 Å². The van der Waals surface area contributed by atoms with Crippen LogP contribution in [0.5, 0.6) is 5.75 Å². The predicted molar refractivity (Wildman–Crippen MR) is 61.0 cm³/mol. The average molecular weight is 221 g/mol. The van der Waals surface area contributed by atoms with Crippen molar-refractivity contribution in [3.05, 3.63) is 23.8 Å². The smallest absolute Gasteiger partial charge is 0.337 e. The summed E-state index contributed by atoms with van der Waals surface area (Å²) in [5.41, 5.74) is 1.15. The van der Waals surface area contributed by atoms with Gasteiger partial charge in [0, 0.05) is 0 Å². The van der Waals surface area contributed by atoms with Gasteiger partial charge in [-0.1, -0.05) is 0 Å². The maximum Gasteiger partial charge on any atom is 0.337 e. The first-order valence-corrected chi connectivity index (χ1v) is 5.17. The quantitative estimate of drug-likeness (QED) is 0.737. The molecule has 0 spiro atoms. The Balaban J connectivity index is 2.34. The number of benzene rings is 1. The number of esters is 1. The van der Waals surface area contributed by atoms with E-state index >= 15 is 0 Å². The predicted octanol–water partition coefficient (Wildman–Crippen LogP) is 2.06. The third-order valence-corrected chi connectivity index (χ3v) is 2.49. The molecule has 0 amide bonds. The van der Waals surface area contributed by atoms with Crippen molar-refractivity contribution in [2.75, 3.05) is 19.0 Å². The van der Waals surface area contributed by atoms with E-state index in [0.29, 0.717) is 11.3 Å². The second kappa shape index (κ2) is 3.70. The van der Waals surface area contributed by atoms with Crippen molar-refractivity contribution in [1.82, 2.24) is 0 Å². The van der Waals surface area contributed by atoms with Crippen LogP contribution in [0.25, 0.3) is 0 Å². The average Bonchev–Trinajstić information content (AvgIpc) is 2.25. The summed E-state index contributed by atoms with van der Waals surface area (Å²) in [6.45, 7) is 4.74. The summed E-state index contributed by atoms with van der Waals surface area (Å²) in [5, 5.41) is 3.26. The highest BCUT2D eigenvalue weighted by atomic mass is 16.5. The molecule has 86 valence electrons. The molecule has 0 aliphatic carbocycles. The molecule has 4 heteroatoms. The van der Waals surface area contributed by atoms with E-state index in [1.54, 1.807) is 12.1 Å². The number of rotatable bonds is 1. The lowest BCUT2D eigenvalue weighted by molar-refractivity contribution is 0.0598. The Hall–Kier alpha value is -1.71. The van der Waals surface area contributed by atoms with Gasteiger partial charge in [0.25, 0.3) is 0 Å². The molecule has 1 N–H and O–H groups in total. The van der Waals surface area contributed by atoms with Crippen LogP contribution in [0.4, 0.5) is 5.69 Å². The summed E-state index contributed by atoms with van der Waals surface area (Å²) in [6.07, 6.45) is 0. The molecule has 0 bridgehead atoms. The van der Waals surface area contributed by atoms with Gasteiger partial charge in [0.05, 0.1) is 24.9 Å². The minimum Gasteiger partial charge on any atom is -0.484 e. The Bertz CT molecular complexity index is 426. The van der Waals surface area contributed by atoms with Crippen molar-refractivity contribution in [3.63, 3.8) is 0 Å². The first-order chi connectivity index (χ1) is 7.52. The second-order valence-corrected chi connectivity index (χ2v) is 4.42. The number of ether oxygens (including phenoxy) is 2. The number of anilines is 1. The van der Waals surface area contributed by atoms with Crippen molar-refractivity contribution in [2.45, 2.75) is 19.4 Å². The molecule has 0 saturated carbocycles. The van der Waals surface area contributed by atoms with Crippen LogP contribution in [0.1, 0.15) is 24.2 Å². The number of hydrogen-bond acceptors (Lipinski definition) is 4. The van der Waals surface area contributed by atoms with Crippen molar-refractivity contribution < 1.29 is 14.3 Å². The molecule has 0 radical (unpaired) electrons. The Morgan fingerprint density at radius 1 is 1.50 bits per heavy atom. The van der Waals surface area contributed by atoms with Crippen LogP contribution in [0.15, 0.2) is 18.2 Å². The normalized spacial score (nSPS) is 16.7. The lowest BCUT2D eigenvalue weighted by Crippen LogP contribution is -2.40. The van der Waals surface area contributed by atoms with E-state index in [1.165, 1.54) is 7.11 Å². The summed E-state index contributed by atoms with van der Waals surface area (Å²) < 4.78 is 10.4. The van der Waals surface area contributed by atoms with E-state index in [4.69, 9.17) is 4.74 Å². The monoisotopic (exact) mass is 221 g/mol. The zero-order valence-corrected chi connectivity index (χ0v) is 9.66. The van der Waals surface area contributed by atoms with E-state index in [-0.39, 0.29) is 11.6 Å². The Labute approximate surface area is 94.6 Å². The third-order valence-electron chi connectivity index (χ3n) is 2.49. The third kappa shape index (κ3) is 1.96. The van der Waals surface area contributed by atoms with Gasteiger partial charge in [-0.25, -0.2) is 4.79 Å². The van der Waals surface area contributed by atoms with E-state index in [9.17, 15) is 4.79 Å². The van der Waals surface area contributed by atoms with Crippen LogP contribution >= 0.6 is 0 Å². The minimum absolute atomic E-state index is 0.262. The van der Waals surface area contributed by atoms with E-state index < -0.39 is 0 Å². The molecule has 4 nitrogen and oxygen atoms in total. The second-order valence-electron chi connectivity index (χ2n) is 4.42. The summed E-state index contributed by atoms with van der Waals surface area (Å²) in [7, 11) is 1.37. The van der Waals surface area contributed by atoms with Gasteiger partial charge in [0.2, 0.25) is 0 Å². The van der Waals surface area contributed by atoms with Crippen LogP contribution < -0.4 is 10.1 Å². The molecule has 0 unspecified atom stereocenters. The van der Waals surface area contributed by atoms with Crippen LogP contribution in [-0.2, 0) is 4.74 Å². The Kier molecular flexibility index (Phi) is 2.50. The number of carbonyl (C=O) groups is 1. The van der Waals surface area contributed by atoms with Crippen molar-refractivity contribution >= 4 is 11.7 Å². The highest BCUT2D eigenvalue weighted by Crippen LogP contribution is 2.33. The van der Waals surface area contributed by atoms with Crippen LogP contribution in [-0.4, -0.2) is 25.2 Å². The zero-order valence-electron chi connectivity index (χ0n) is 9.66. The lowest BCUT2D eigenvalue weighted by Gasteiger charge is -2.33. The summed E-state index contributed by atoms with van der Waals surface area (Å²) in [6, 6.07) is 5.26. The summed E-state index contributed by atoms with van der Waals surface area (Å²) in [5.74, 6) is 0.342. The highest BCUT2D eigenvalue weighted by molar-refractivity contribution is 5.90. The van der Waals surface area contributed by atoms with Gasteiger partial charge < -0.3 is 14.8 Å². The zero-order chi connectivity index (χ0) is 11.8. The van der Waals surface area contributed by atoms with E-state index in [2.05, 4.69) is 10.1 Å². The molecular formula is C12H15NO3. The standard InChI is InChI=1S/C12H15NO3/c1-12(2)7-13-9-5-4-8(11(14)15-3)6-10(9)16-12/h4-6,13H,7H2,1-3H3. The number of fused-ring (bicyclic) bond motifs is 1. The highest BCUT2D eigenvalue weighted by Gasteiger charge is 2.26. The first-order valence-electron chi connectivity index (χ1n) is 5.17. The van der Waals surface area contributed by atoms with Crippen LogP contribution in [0.3, 0.4) is 0 Å². The fourth-order valence-electron chi connectivity index (χ4n) is 1.64. The Morgan fingerprint density at radius 2 is 2.25 bits per heavy atom.